The van der Waals surface area contributed by atoms with E-state index in [1.165, 1.54) is 9.80 Å². The second kappa shape index (κ2) is 9.36. The molecule has 2 heterocycles. The molecule has 3 amide bonds. The summed E-state index contributed by atoms with van der Waals surface area (Å²) in [4.78, 5) is 41.0. The summed E-state index contributed by atoms with van der Waals surface area (Å²) in [6.45, 7) is 2.47. The zero-order valence-electron chi connectivity index (χ0n) is 19.1. The first kappa shape index (κ1) is 23.0. The van der Waals surface area contributed by atoms with Gasteiger partial charge in [-0.2, -0.15) is 15.6 Å². The number of aromatic nitrogens is 2. The fraction of sp³-hybridized carbons (Fsp3) is 0.417. The Labute approximate surface area is 197 Å². The highest BCUT2D eigenvalue weighted by Crippen LogP contribution is 2.34. The zero-order chi connectivity index (χ0) is 24.4. The number of nitrogens with zero attached hydrogens (tertiary/aromatic N) is 6. The molecule has 1 aromatic heterocycles. The Bertz CT molecular complexity index is 1230. The second-order valence-electron chi connectivity index (χ2n) is 8.75. The number of nitriles is 2. The summed E-state index contributed by atoms with van der Waals surface area (Å²) >= 11 is 0. The van der Waals surface area contributed by atoms with Gasteiger partial charge in [0, 0.05) is 31.6 Å². The number of rotatable bonds is 7. The van der Waals surface area contributed by atoms with Crippen LogP contribution >= 0.6 is 0 Å². The van der Waals surface area contributed by atoms with Crippen LogP contribution in [-0.4, -0.2) is 64.0 Å². The van der Waals surface area contributed by atoms with E-state index in [4.69, 9.17) is 5.26 Å². The summed E-state index contributed by atoms with van der Waals surface area (Å²) in [5, 5.41) is 25.6. The number of fused-ring (bicyclic) bond motifs is 1. The van der Waals surface area contributed by atoms with Crippen molar-refractivity contribution in [2.24, 2.45) is 5.92 Å². The van der Waals surface area contributed by atoms with Gasteiger partial charge in [-0.15, -0.1) is 0 Å². The predicted molar refractivity (Wildman–Crippen MR) is 122 cm³/mol. The molecule has 0 unspecified atom stereocenters. The van der Waals surface area contributed by atoms with E-state index in [2.05, 4.69) is 16.5 Å². The fourth-order valence-electron chi connectivity index (χ4n) is 3.95. The lowest BCUT2D eigenvalue weighted by Crippen LogP contribution is -2.47. The van der Waals surface area contributed by atoms with Crippen molar-refractivity contribution in [2.75, 3.05) is 32.0 Å². The topological polar surface area (TPSA) is 135 Å². The van der Waals surface area contributed by atoms with Crippen molar-refractivity contribution in [3.8, 4) is 23.4 Å². The lowest BCUT2D eigenvalue weighted by molar-refractivity contribution is -0.130. The third-order valence-corrected chi connectivity index (χ3v) is 6.09. The minimum Gasteiger partial charge on any atom is -0.343 e. The van der Waals surface area contributed by atoms with Crippen LogP contribution in [0.5, 0.6) is 0 Å². The number of nitrogens with one attached hydrogen (secondary N) is 1. The van der Waals surface area contributed by atoms with Crippen LogP contribution in [0.3, 0.4) is 0 Å². The van der Waals surface area contributed by atoms with E-state index < -0.39 is 0 Å². The Morgan fingerprint density at radius 2 is 2.03 bits per heavy atom. The van der Waals surface area contributed by atoms with Crippen molar-refractivity contribution in [1.29, 1.82) is 10.5 Å². The SMILES string of the molecule is C[C@H]1CN(CC(=O)N(C)CCC#N)C(=O)c2cc(-c3ccc(C#N)cc3NC(=O)C3CC3)nn21. The summed E-state index contributed by atoms with van der Waals surface area (Å²) in [6, 6.07) is 10.6. The van der Waals surface area contributed by atoms with E-state index >= 15 is 0 Å². The van der Waals surface area contributed by atoms with Gasteiger partial charge in [-0.05, 0) is 44.0 Å². The largest absolute Gasteiger partial charge is 0.343 e. The molecule has 1 N–H and O–H groups in total. The predicted octanol–water partition coefficient (Wildman–Crippen LogP) is 2.16. The molecule has 0 radical (unpaired) electrons. The van der Waals surface area contributed by atoms with Crippen LogP contribution in [0.15, 0.2) is 24.3 Å². The van der Waals surface area contributed by atoms with E-state index in [1.54, 1.807) is 36.0 Å². The quantitative estimate of drug-likeness (QED) is 0.674. The molecule has 1 aromatic carbocycles. The first-order valence-corrected chi connectivity index (χ1v) is 11.2. The fourth-order valence-corrected chi connectivity index (χ4v) is 3.95. The molecule has 34 heavy (non-hydrogen) atoms. The van der Waals surface area contributed by atoms with E-state index in [0.717, 1.165) is 12.8 Å². The summed E-state index contributed by atoms with van der Waals surface area (Å²) in [6.07, 6.45) is 1.93. The Balaban J connectivity index is 1.60. The number of hydrogen-bond donors (Lipinski definition) is 1. The number of anilines is 1. The Hall–Kier alpha value is -4.18. The number of amides is 3. The van der Waals surface area contributed by atoms with Crippen LogP contribution in [-0.2, 0) is 9.59 Å². The third-order valence-electron chi connectivity index (χ3n) is 6.09. The van der Waals surface area contributed by atoms with Crippen LogP contribution in [0.1, 0.15) is 48.3 Å². The number of carbonyl (C=O) groups excluding carboxylic acids is 3. The van der Waals surface area contributed by atoms with E-state index in [0.29, 0.717) is 41.3 Å². The number of benzene rings is 1. The summed E-state index contributed by atoms with van der Waals surface area (Å²) in [7, 11) is 1.61. The molecule has 10 nitrogen and oxygen atoms in total. The smallest absolute Gasteiger partial charge is 0.272 e. The van der Waals surface area contributed by atoms with Gasteiger partial charge in [0.15, 0.2) is 0 Å². The van der Waals surface area contributed by atoms with Gasteiger partial charge >= 0.3 is 0 Å². The van der Waals surface area contributed by atoms with E-state index in [1.807, 2.05) is 13.0 Å². The lowest BCUT2D eigenvalue weighted by atomic mass is 10.1. The van der Waals surface area contributed by atoms with Crippen molar-refractivity contribution in [3.63, 3.8) is 0 Å². The molecule has 1 aliphatic heterocycles. The normalized spacial score (nSPS) is 16.9. The van der Waals surface area contributed by atoms with E-state index in [-0.39, 0.29) is 42.6 Å². The summed E-state index contributed by atoms with van der Waals surface area (Å²) in [5.74, 6) is -0.639. The van der Waals surface area contributed by atoms with Crippen LogP contribution in [0.4, 0.5) is 5.69 Å². The third kappa shape index (κ3) is 4.62. The monoisotopic (exact) mass is 459 g/mol. The second-order valence-corrected chi connectivity index (χ2v) is 8.75. The maximum atomic E-state index is 13.2. The van der Waals surface area contributed by atoms with Gasteiger partial charge < -0.3 is 15.1 Å². The van der Waals surface area contributed by atoms with Gasteiger partial charge in [-0.3, -0.25) is 19.1 Å². The number of carbonyl (C=O) groups is 3. The van der Waals surface area contributed by atoms with Crippen molar-refractivity contribution in [2.45, 2.75) is 32.2 Å². The maximum Gasteiger partial charge on any atom is 0.272 e. The highest BCUT2D eigenvalue weighted by atomic mass is 16.2. The molecule has 10 heteroatoms. The average Bonchev–Trinajstić information content (AvgIpc) is 3.59. The van der Waals surface area contributed by atoms with Gasteiger partial charge in [0.1, 0.15) is 12.2 Å². The molecule has 0 spiro atoms. The van der Waals surface area contributed by atoms with Gasteiger partial charge in [0.2, 0.25) is 11.8 Å². The minimum absolute atomic E-state index is 0.00669. The number of likely N-dealkylation sites (N-methyl/N-ethyl adjacent to an activating group) is 1. The molecule has 2 aromatic rings. The molecule has 1 atom stereocenters. The van der Waals surface area contributed by atoms with Crippen molar-refractivity contribution >= 4 is 23.4 Å². The average molecular weight is 460 g/mol. The molecule has 1 fully saturated rings. The van der Waals surface area contributed by atoms with Crippen molar-refractivity contribution in [3.05, 3.63) is 35.5 Å². The Morgan fingerprint density at radius 1 is 1.26 bits per heavy atom. The molecule has 4 rings (SSSR count). The van der Waals surface area contributed by atoms with E-state index in [9.17, 15) is 19.6 Å². The highest BCUT2D eigenvalue weighted by molar-refractivity contribution is 6.00. The molecular formula is C24H25N7O3. The minimum atomic E-state index is -0.309. The standard InChI is InChI=1S/C24H25N7O3/c1-15-13-30(14-22(32)29(2)9-3-8-25)24(34)21-11-20(28-31(15)21)18-7-4-16(12-26)10-19(18)27-23(33)17-5-6-17/h4,7,10-11,15,17H,3,5-6,9,13-14H2,1-2H3,(H,27,33)/t15-/m0/s1. The Kier molecular flexibility index (Phi) is 6.33. The van der Waals surface area contributed by atoms with Gasteiger partial charge in [-0.25, -0.2) is 0 Å². The molecule has 1 saturated carbocycles. The first-order valence-electron chi connectivity index (χ1n) is 11.2. The van der Waals surface area contributed by atoms with Crippen LogP contribution < -0.4 is 5.32 Å². The number of hydrogen-bond acceptors (Lipinski definition) is 6. The highest BCUT2D eigenvalue weighted by Gasteiger charge is 2.33. The molecular weight excluding hydrogens is 434 g/mol. The lowest BCUT2D eigenvalue weighted by Gasteiger charge is -2.32. The van der Waals surface area contributed by atoms with Crippen molar-refractivity contribution < 1.29 is 14.4 Å². The summed E-state index contributed by atoms with van der Waals surface area (Å²) < 4.78 is 1.64. The molecule has 1 aliphatic carbocycles. The van der Waals surface area contributed by atoms with Crippen molar-refractivity contribution in [1.82, 2.24) is 19.6 Å². The first-order chi connectivity index (χ1) is 16.3. The van der Waals surface area contributed by atoms with Gasteiger partial charge in [-0.1, -0.05) is 0 Å². The molecule has 0 bridgehead atoms. The van der Waals surface area contributed by atoms with Gasteiger partial charge in [0.25, 0.3) is 5.91 Å². The Morgan fingerprint density at radius 3 is 2.71 bits per heavy atom. The van der Waals surface area contributed by atoms with Crippen LogP contribution in [0.25, 0.3) is 11.3 Å². The molecule has 2 aliphatic rings. The maximum absolute atomic E-state index is 13.2. The molecule has 174 valence electrons. The van der Waals surface area contributed by atoms with Crippen LogP contribution in [0, 0.1) is 28.6 Å². The molecule has 0 saturated heterocycles. The van der Waals surface area contributed by atoms with Gasteiger partial charge in [0.05, 0.1) is 41.5 Å². The zero-order valence-corrected chi connectivity index (χ0v) is 19.1. The van der Waals surface area contributed by atoms with Crippen LogP contribution in [0.2, 0.25) is 0 Å². The summed E-state index contributed by atoms with van der Waals surface area (Å²) in [5.41, 5.74) is 2.37.